The van der Waals surface area contributed by atoms with Gasteiger partial charge in [0.2, 0.25) is 0 Å². The van der Waals surface area contributed by atoms with E-state index in [1.807, 2.05) is 0 Å². The Morgan fingerprint density at radius 2 is 1.43 bits per heavy atom. The summed E-state index contributed by atoms with van der Waals surface area (Å²) in [7, 11) is 0. The van der Waals surface area contributed by atoms with Gasteiger partial charge in [0.1, 0.15) is 0 Å². The lowest BCUT2D eigenvalue weighted by atomic mass is 9.81. The van der Waals surface area contributed by atoms with Crippen LogP contribution in [-0.2, 0) is 0 Å². The molecule has 2 heterocycles. The molecule has 2 aliphatic rings. The summed E-state index contributed by atoms with van der Waals surface area (Å²) in [4.78, 5) is 2.58. The molecule has 3 aromatic rings. The van der Waals surface area contributed by atoms with Crippen LogP contribution in [0.2, 0.25) is 0 Å². The third-order valence-corrected chi connectivity index (χ3v) is 6.84. The topological polar surface area (TPSA) is 0 Å². The fraction of sp³-hybridized carbons (Fsp3) is 0.0769. The molecule has 0 bridgehead atoms. The van der Waals surface area contributed by atoms with Crippen molar-refractivity contribution in [3.63, 3.8) is 0 Å². The van der Waals surface area contributed by atoms with Gasteiger partial charge in [-0.1, -0.05) is 66.8 Å². The van der Waals surface area contributed by atoms with Crippen molar-refractivity contribution in [2.45, 2.75) is 0 Å². The van der Waals surface area contributed by atoms with Crippen molar-refractivity contribution in [3.05, 3.63) is 109 Å². The van der Waals surface area contributed by atoms with Crippen LogP contribution in [0.25, 0.3) is 30.4 Å². The predicted molar refractivity (Wildman–Crippen MR) is 125 cm³/mol. The molecule has 0 radical (unpaired) electrons. The van der Waals surface area contributed by atoms with Gasteiger partial charge in [-0.05, 0) is 62.7 Å². The monoisotopic (exact) mass is 396 g/mol. The molecule has 0 fully saturated rings. The summed E-state index contributed by atoms with van der Waals surface area (Å²) in [6.07, 6.45) is 20.6. The Balaban J connectivity index is 1.41. The molecule has 0 saturated heterocycles. The maximum Gasteiger partial charge on any atom is 0.0270 e. The maximum absolute atomic E-state index is 2.41. The molecule has 2 aliphatic carbocycles. The van der Waals surface area contributed by atoms with Crippen LogP contribution in [0.3, 0.4) is 0 Å². The number of allylic oxidation sites excluding steroid dienone is 5. The van der Waals surface area contributed by atoms with Gasteiger partial charge >= 0.3 is 0 Å². The first kappa shape index (κ1) is 17.4. The third kappa shape index (κ3) is 3.80. The summed E-state index contributed by atoms with van der Waals surface area (Å²) in [6.45, 7) is 0. The molecule has 0 spiro atoms. The van der Waals surface area contributed by atoms with E-state index in [1.54, 1.807) is 22.7 Å². The summed E-state index contributed by atoms with van der Waals surface area (Å²) in [6, 6.07) is 15.3. The zero-order valence-electron chi connectivity index (χ0n) is 15.4. The van der Waals surface area contributed by atoms with Crippen molar-refractivity contribution in [3.8, 4) is 0 Å². The molecule has 2 aromatic heterocycles. The Bertz CT molecular complexity index is 1200. The number of hydrogen-bond donors (Lipinski definition) is 0. The van der Waals surface area contributed by atoms with Crippen molar-refractivity contribution < 1.29 is 0 Å². The lowest BCUT2D eigenvalue weighted by Gasteiger charge is -2.23. The molecule has 0 N–H and O–H groups in total. The van der Waals surface area contributed by atoms with E-state index in [1.165, 1.54) is 31.3 Å². The molecule has 0 aliphatic heterocycles. The second-order valence-corrected chi connectivity index (χ2v) is 9.06. The SMILES string of the molecule is C(=Cc1cccs1)C1=CC2C=c3ccc(C=Cc4cccs4)cc3=CC2C=C1. The largest absolute Gasteiger partial charge is 0.144 e. The van der Waals surface area contributed by atoms with Gasteiger partial charge in [-0.25, -0.2) is 0 Å². The molecule has 28 heavy (non-hydrogen) atoms. The number of benzene rings is 1. The summed E-state index contributed by atoms with van der Waals surface area (Å²) < 4.78 is 0. The highest BCUT2D eigenvalue weighted by molar-refractivity contribution is 7.11. The molecule has 5 rings (SSSR count). The molecule has 0 amide bonds. The van der Waals surface area contributed by atoms with Gasteiger partial charge in [0.05, 0.1) is 0 Å². The predicted octanol–water partition coefficient (Wildman–Crippen LogP) is 6.00. The second kappa shape index (κ2) is 7.75. The zero-order chi connectivity index (χ0) is 18.8. The highest BCUT2D eigenvalue weighted by atomic mass is 32.1. The zero-order valence-corrected chi connectivity index (χ0v) is 17.0. The lowest BCUT2D eigenvalue weighted by molar-refractivity contribution is 0.719. The fourth-order valence-electron chi connectivity index (χ4n) is 3.71. The molecule has 2 heteroatoms. The van der Waals surface area contributed by atoms with Crippen LogP contribution in [0.4, 0.5) is 0 Å². The number of rotatable bonds is 4. The molecule has 2 atom stereocenters. The number of fused-ring (bicyclic) bond motifs is 2. The summed E-state index contributed by atoms with van der Waals surface area (Å²) in [5.74, 6) is 0.885. The van der Waals surface area contributed by atoms with Crippen molar-refractivity contribution >= 4 is 53.1 Å². The minimum Gasteiger partial charge on any atom is -0.144 e. The van der Waals surface area contributed by atoms with Gasteiger partial charge in [0.15, 0.2) is 0 Å². The van der Waals surface area contributed by atoms with E-state index in [4.69, 9.17) is 0 Å². The van der Waals surface area contributed by atoms with E-state index < -0.39 is 0 Å². The van der Waals surface area contributed by atoms with Crippen LogP contribution >= 0.6 is 22.7 Å². The van der Waals surface area contributed by atoms with Gasteiger partial charge in [0, 0.05) is 21.6 Å². The van der Waals surface area contributed by atoms with Crippen LogP contribution in [0.1, 0.15) is 15.3 Å². The van der Waals surface area contributed by atoms with Crippen LogP contribution in [0.5, 0.6) is 0 Å². The van der Waals surface area contributed by atoms with Gasteiger partial charge in [-0.15, -0.1) is 22.7 Å². The molecule has 0 nitrogen and oxygen atoms in total. The molecule has 2 unspecified atom stereocenters. The van der Waals surface area contributed by atoms with E-state index in [9.17, 15) is 0 Å². The molecule has 136 valence electrons. The quantitative estimate of drug-likeness (QED) is 0.508. The first-order valence-corrected chi connectivity index (χ1v) is 11.3. The standard InChI is InChI=1S/C26H20S2/c1-3-25(27-13-1)11-7-19-5-9-21-18-24-16-20(8-12-26-4-2-14-28-26)6-10-22(24)17-23(21)15-19/h1-18,21,23H. The van der Waals surface area contributed by atoms with E-state index in [0.717, 1.165) is 0 Å². The van der Waals surface area contributed by atoms with Crippen LogP contribution in [0.15, 0.2) is 83.1 Å². The van der Waals surface area contributed by atoms with Crippen LogP contribution in [-0.4, -0.2) is 0 Å². The summed E-state index contributed by atoms with van der Waals surface area (Å²) >= 11 is 3.54. The lowest BCUT2D eigenvalue weighted by Crippen LogP contribution is -2.32. The Kier molecular flexibility index (Phi) is 4.82. The van der Waals surface area contributed by atoms with Crippen molar-refractivity contribution in [2.24, 2.45) is 11.8 Å². The highest BCUT2D eigenvalue weighted by Crippen LogP contribution is 2.28. The first-order valence-electron chi connectivity index (χ1n) is 9.50. The Labute approximate surface area is 173 Å². The van der Waals surface area contributed by atoms with Crippen molar-refractivity contribution in [1.29, 1.82) is 0 Å². The first-order chi connectivity index (χ1) is 13.8. The minimum atomic E-state index is 0.438. The molecule has 0 saturated carbocycles. The normalized spacial score (nSPS) is 20.5. The van der Waals surface area contributed by atoms with Crippen molar-refractivity contribution in [2.75, 3.05) is 0 Å². The Morgan fingerprint density at radius 1 is 0.679 bits per heavy atom. The summed E-state index contributed by atoms with van der Waals surface area (Å²) in [5, 5.41) is 6.90. The van der Waals surface area contributed by atoms with Gasteiger partial charge in [0.25, 0.3) is 0 Å². The smallest absolute Gasteiger partial charge is 0.0270 e. The van der Waals surface area contributed by atoms with Gasteiger partial charge in [-0.3, -0.25) is 0 Å². The Morgan fingerprint density at radius 3 is 2.18 bits per heavy atom. The number of thiophene rings is 2. The van der Waals surface area contributed by atoms with E-state index in [2.05, 4.69) is 108 Å². The van der Waals surface area contributed by atoms with Gasteiger partial charge < -0.3 is 0 Å². The Hall–Kier alpha value is -2.68. The average molecular weight is 397 g/mol. The average Bonchev–Trinajstić information content (AvgIpc) is 3.43. The maximum atomic E-state index is 2.41. The van der Waals surface area contributed by atoms with Crippen LogP contribution < -0.4 is 10.4 Å². The van der Waals surface area contributed by atoms with E-state index in [0.29, 0.717) is 11.8 Å². The molecular weight excluding hydrogens is 376 g/mol. The molecule has 1 aromatic carbocycles. The molecular formula is C26H20S2. The van der Waals surface area contributed by atoms with Gasteiger partial charge in [-0.2, -0.15) is 0 Å². The number of hydrogen-bond acceptors (Lipinski definition) is 2. The van der Waals surface area contributed by atoms with E-state index in [-0.39, 0.29) is 0 Å². The summed E-state index contributed by atoms with van der Waals surface area (Å²) in [5.41, 5.74) is 2.54. The fourth-order valence-corrected chi connectivity index (χ4v) is 4.95. The van der Waals surface area contributed by atoms with E-state index >= 15 is 0 Å². The second-order valence-electron chi connectivity index (χ2n) is 7.10. The minimum absolute atomic E-state index is 0.438. The third-order valence-electron chi connectivity index (χ3n) is 5.16. The highest BCUT2D eigenvalue weighted by Gasteiger charge is 2.18. The van der Waals surface area contributed by atoms with Crippen LogP contribution in [0, 0.1) is 11.8 Å². The van der Waals surface area contributed by atoms with Crippen molar-refractivity contribution in [1.82, 2.24) is 0 Å².